The van der Waals surface area contributed by atoms with Gasteiger partial charge in [0.25, 0.3) is 0 Å². The van der Waals surface area contributed by atoms with Gasteiger partial charge in [-0.3, -0.25) is 0 Å². The summed E-state index contributed by atoms with van der Waals surface area (Å²) in [5.41, 5.74) is -0.165. The van der Waals surface area contributed by atoms with Gasteiger partial charge in [-0.15, -0.1) is 6.58 Å². The Hall–Kier alpha value is -0.590. The van der Waals surface area contributed by atoms with E-state index in [-0.39, 0.29) is 5.41 Å². The summed E-state index contributed by atoms with van der Waals surface area (Å²) < 4.78 is 0. The van der Waals surface area contributed by atoms with Crippen LogP contribution < -0.4 is 0 Å². The Kier molecular flexibility index (Phi) is 3.21. The zero-order chi connectivity index (χ0) is 7.33. The van der Waals surface area contributed by atoms with Crippen molar-refractivity contribution in [2.75, 3.05) is 0 Å². The summed E-state index contributed by atoms with van der Waals surface area (Å²) in [6.45, 7) is 7.54. The Labute approximate surface area is 56.8 Å². The molecule has 1 nitrogen and oxygen atoms in total. The molecule has 0 fully saturated rings. The van der Waals surface area contributed by atoms with E-state index >= 15 is 0 Å². The van der Waals surface area contributed by atoms with Crippen molar-refractivity contribution in [1.29, 1.82) is 0 Å². The molecule has 0 aliphatic rings. The second-order valence-corrected chi connectivity index (χ2v) is 2.62. The average Bonchev–Trinajstić information content (AvgIpc) is 1.89. The molecule has 0 rings (SSSR count). The molecular formula is C8H14O. The molecule has 0 saturated carbocycles. The quantitative estimate of drug-likeness (QED) is 0.417. The van der Waals surface area contributed by atoms with E-state index in [4.69, 9.17) is 0 Å². The van der Waals surface area contributed by atoms with E-state index in [1.807, 2.05) is 13.8 Å². The molecule has 0 aromatic carbocycles. The van der Waals surface area contributed by atoms with E-state index in [0.29, 0.717) is 0 Å². The lowest BCUT2D eigenvalue weighted by Gasteiger charge is -2.17. The summed E-state index contributed by atoms with van der Waals surface area (Å²) in [6.07, 6.45) is 4.47. The maximum absolute atomic E-state index is 10.4. The highest BCUT2D eigenvalue weighted by molar-refractivity contribution is 5.58. The number of hydrogen-bond acceptors (Lipinski definition) is 1. The largest absolute Gasteiger partial charge is 0.303 e. The van der Waals surface area contributed by atoms with E-state index in [2.05, 4.69) is 6.58 Å². The molecule has 0 N–H and O–H groups in total. The Morgan fingerprint density at radius 1 is 1.67 bits per heavy atom. The third-order valence-electron chi connectivity index (χ3n) is 1.70. The number of carbonyl (C=O) groups excluding carboxylic acids is 1. The van der Waals surface area contributed by atoms with Gasteiger partial charge in [0, 0.05) is 5.41 Å². The fraction of sp³-hybridized carbons (Fsp3) is 0.625. The van der Waals surface area contributed by atoms with Crippen LogP contribution in [-0.2, 0) is 4.79 Å². The van der Waals surface area contributed by atoms with Gasteiger partial charge in [0.1, 0.15) is 6.29 Å². The van der Waals surface area contributed by atoms with Crippen LogP contribution in [0.1, 0.15) is 26.7 Å². The first kappa shape index (κ1) is 8.41. The van der Waals surface area contributed by atoms with Gasteiger partial charge in [-0.2, -0.15) is 0 Å². The van der Waals surface area contributed by atoms with E-state index in [0.717, 1.165) is 19.1 Å². The molecule has 0 amide bonds. The number of hydrogen-bond donors (Lipinski definition) is 0. The highest BCUT2D eigenvalue weighted by Crippen LogP contribution is 2.22. The lowest BCUT2D eigenvalue weighted by molar-refractivity contribution is -0.115. The van der Waals surface area contributed by atoms with Gasteiger partial charge < -0.3 is 4.79 Å². The van der Waals surface area contributed by atoms with Crippen molar-refractivity contribution in [2.24, 2.45) is 5.41 Å². The minimum Gasteiger partial charge on any atom is -0.303 e. The molecule has 0 aliphatic heterocycles. The predicted octanol–water partition coefficient (Wildman–Crippen LogP) is 2.18. The zero-order valence-corrected chi connectivity index (χ0v) is 6.18. The van der Waals surface area contributed by atoms with Gasteiger partial charge in [-0.05, 0) is 12.8 Å². The molecule has 1 atom stereocenters. The molecule has 0 saturated heterocycles. The molecule has 0 aliphatic carbocycles. The van der Waals surface area contributed by atoms with Crippen LogP contribution in [0.3, 0.4) is 0 Å². The zero-order valence-electron chi connectivity index (χ0n) is 6.18. The minimum atomic E-state index is -0.165. The van der Waals surface area contributed by atoms with Crippen LogP contribution in [0.2, 0.25) is 0 Å². The number of aldehydes is 1. The van der Waals surface area contributed by atoms with Gasteiger partial charge in [0.05, 0.1) is 0 Å². The smallest absolute Gasteiger partial charge is 0.126 e. The molecular weight excluding hydrogens is 112 g/mol. The van der Waals surface area contributed by atoms with Gasteiger partial charge >= 0.3 is 0 Å². The Morgan fingerprint density at radius 3 is 2.33 bits per heavy atom. The van der Waals surface area contributed by atoms with Crippen molar-refractivity contribution in [3.05, 3.63) is 12.7 Å². The lowest BCUT2D eigenvalue weighted by atomic mass is 9.86. The third-order valence-corrected chi connectivity index (χ3v) is 1.70. The second kappa shape index (κ2) is 3.44. The standard InChI is InChI=1S/C8H14O/c1-4-6-8(3,5-2)7-9/h4,7H,1,5-6H2,2-3H3/t8-/m0/s1. The minimum absolute atomic E-state index is 0.165. The lowest BCUT2D eigenvalue weighted by Crippen LogP contribution is -2.15. The van der Waals surface area contributed by atoms with Crippen LogP contribution >= 0.6 is 0 Å². The summed E-state index contributed by atoms with van der Waals surface area (Å²) in [7, 11) is 0. The van der Waals surface area contributed by atoms with Gasteiger partial charge in [0.15, 0.2) is 0 Å². The SMILES string of the molecule is C=CC[C@@](C)(C=O)CC. The summed E-state index contributed by atoms with van der Waals surface area (Å²) in [6, 6.07) is 0. The molecule has 1 heteroatoms. The Morgan fingerprint density at radius 2 is 2.22 bits per heavy atom. The molecule has 0 radical (unpaired) electrons. The maximum atomic E-state index is 10.4. The molecule has 0 aromatic heterocycles. The van der Waals surface area contributed by atoms with Crippen molar-refractivity contribution in [2.45, 2.75) is 26.7 Å². The predicted molar refractivity (Wildman–Crippen MR) is 39.3 cm³/mol. The molecule has 0 unspecified atom stereocenters. The van der Waals surface area contributed by atoms with Crippen molar-refractivity contribution in [3.63, 3.8) is 0 Å². The van der Waals surface area contributed by atoms with Gasteiger partial charge in [0.2, 0.25) is 0 Å². The normalized spacial score (nSPS) is 16.2. The first-order chi connectivity index (χ1) is 4.18. The molecule has 0 bridgehead atoms. The van der Waals surface area contributed by atoms with Gasteiger partial charge in [-0.25, -0.2) is 0 Å². The van der Waals surface area contributed by atoms with Crippen LogP contribution in [0.25, 0.3) is 0 Å². The molecule has 0 aromatic rings. The van der Waals surface area contributed by atoms with Gasteiger partial charge in [-0.1, -0.05) is 19.9 Å². The Bertz CT molecular complexity index is 107. The number of carbonyl (C=O) groups is 1. The fourth-order valence-corrected chi connectivity index (χ4v) is 0.606. The van der Waals surface area contributed by atoms with E-state index in [1.165, 1.54) is 0 Å². The summed E-state index contributed by atoms with van der Waals surface area (Å²) >= 11 is 0. The fourth-order valence-electron chi connectivity index (χ4n) is 0.606. The van der Waals surface area contributed by atoms with E-state index < -0.39 is 0 Å². The molecule has 52 valence electrons. The highest BCUT2D eigenvalue weighted by atomic mass is 16.1. The van der Waals surface area contributed by atoms with Crippen LogP contribution in [0.4, 0.5) is 0 Å². The van der Waals surface area contributed by atoms with Crippen LogP contribution in [-0.4, -0.2) is 6.29 Å². The Balaban J connectivity index is 3.90. The van der Waals surface area contributed by atoms with E-state index in [1.54, 1.807) is 6.08 Å². The van der Waals surface area contributed by atoms with Crippen LogP contribution in [0, 0.1) is 5.41 Å². The summed E-state index contributed by atoms with van der Waals surface area (Å²) in [4.78, 5) is 10.4. The van der Waals surface area contributed by atoms with Crippen LogP contribution in [0.15, 0.2) is 12.7 Å². The molecule has 9 heavy (non-hydrogen) atoms. The van der Waals surface area contributed by atoms with E-state index in [9.17, 15) is 4.79 Å². The highest BCUT2D eigenvalue weighted by Gasteiger charge is 2.17. The topological polar surface area (TPSA) is 17.1 Å². The first-order valence-electron chi connectivity index (χ1n) is 3.26. The monoisotopic (exact) mass is 126 g/mol. The maximum Gasteiger partial charge on any atom is 0.126 e. The second-order valence-electron chi connectivity index (χ2n) is 2.62. The number of rotatable bonds is 4. The average molecular weight is 126 g/mol. The number of allylic oxidation sites excluding steroid dienone is 1. The summed E-state index contributed by atoms with van der Waals surface area (Å²) in [5, 5.41) is 0. The van der Waals surface area contributed by atoms with Crippen molar-refractivity contribution >= 4 is 6.29 Å². The van der Waals surface area contributed by atoms with Crippen molar-refractivity contribution < 1.29 is 4.79 Å². The van der Waals surface area contributed by atoms with Crippen molar-refractivity contribution in [1.82, 2.24) is 0 Å². The third kappa shape index (κ3) is 2.45. The molecule has 0 spiro atoms. The summed E-state index contributed by atoms with van der Waals surface area (Å²) in [5.74, 6) is 0. The van der Waals surface area contributed by atoms with Crippen LogP contribution in [0.5, 0.6) is 0 Å². The first-order valence-corrected chi connectivity index (χ1v) is 3.26. The molecule has 0 heterocycles. The van der Waals surface area contributed by atoms with Crippen molar-refractivity contribution in [3.8, 4) is 0 Å².